The van der Waals surface area contributed by atoms with Gasteiger partial charge in [-0.2, -0.15) is 0 Å². The Hall–Kier alpha value is -1.92. The lowest BCUT2D eigenvalue weighted by Crippen LogP contribution is -2.47. The molecule has 160 valence electrons. The van der Waals surface area contributed by atoms with Crippen molar-refractivity contribution in [3.63, 3.8) is 0 Å². The van der Waals surface area contributed by atoms with Gasteiger partial charge in [0.1, 0.15) is 0 Å². The van der Waals surface area contributed by atoms with E-state index in [2.05, 4.69) is 34.1 Å². The van der Waals surface area contributed by atoms with Crippen LogP contribution in [0, 0.1) is 5.41 Å². The van der Waals surface area contributed by atoms with Crippen LogP contribution in [0.1, 0.15) is 50.5 Å². The van der Waals surface area contributed by atoms with E-state index < -0.39 is 0 Å². The van der Waals surface area contributed by atoms with Crippen LogP contribution in [-0.4, -0.2) is 70.7 Å². The molecule has 4 rings (SSSR count). The first-order valence-electron chi connectivity index (χ1n) is 10.9. The first kappa shape index (κ1) is 21.8. The highest BCUT2D eigenvalue weighted by Gasteiger charge is 2.56. The fourth-order valence-corrected chi connectivity index (χ4v) is 5.65. The van der Waals surface area contributed by atoms with Gasteiger partial charge in [0.25, 0.3) is 6.47 Å². The lowest BCUT2D eigenvalue weighted by Gasteiger charge is -2.36. The van der Waals surface area contributed by atoms with E-state index in [1.165, 1.54) is 31.2 Å². The molecule has 1 aromatic carbocycles. The predicted molar refractivity (Wildman–Crippen MR) is 112 cm³/mol. The van der Waals surface area contributed by atoms with Crippen molar-refractivity contribution in [2.75, 3.05) is 26.2 Å². The fraction of sp³-hybridized carbons (Fsp3) is 0.652. The Morgan fingerprint density at radius 3 is 2.38 bits per heavy atom. The van der Waals surface area contributed by atoms with Crippen LogP contribution in [0.25, 0.3) is 0 Å². The van der Waals surface area contributed by atoms with Gasteiger partial charge in [0, 0.05) is 17.5 Å². The van der Waals surface area contributed by atoms with Crippen LogP contribution in [0.5, 0.6) is 0 Å². The highest BCUT2D eigenvalue weighted by molar-refractivity contribution is 5.80. The third kappa shape index (κ3) is 4.98. The average molecular weight is 403 g/mol. The Morgan fingerprint density at radius 2 is 1.76 bits per heavy atom. The topological polar surface area (TPSA) is 81.1 Å². The average Bonchev–Trinajstić information content (AvgIpc) is 3.16. The van der Waals surface area contributed by atoms with Gasteiger partial charge in [0.2, 0.25) is 5.91 Å². The Morgan fingerprint density at radius 1 is 1.10 bits per heavy atom. The van der Waals surface area contributed by atoms with Crippen molar-refractivity contribution < 1.29 is 19.8 Å². The molecule has 0 radical (unpaired) electrons. The third-order valence-corrected chi connectivity index (χ3v) is 6.91. The number of aliphatic hydroxyl groups excluding tert-OH is 1. The van der Waals surface area contributed by atoms with E-state index in [4.69, 9.17) is 9.90 Å². The molecule has 6 nitrogen and oxygen atoms in total. The number of carbonyl (C=O) groups is 2. The van der Waals surface area contributed by atoms with E-state index in [1.54, 1.807) is 0 Å². The third-order valence-electron chi connectivity index (χ3n) is 6.91. The lowest BCUT2D eigenvalue weighted by atomic mass is 9.70. The van der Waals surface area contributed by atoms with Crippen molar-refractivity contribution in [3.8, 4) is 0 Å². The number of rotatable bonds is 5. The monoisotopic (exact) mass is 402 g/mol. The van der Waals surface area contributed by atoms with Gasteiger partial charge in [0.15, 0.2) is 0 Å². The molecule has 3 heterocycles. The second kappa shape index (κ2) is 10.2. The van der Waals surface area contributed by atoms with E-state index in [-0.39, 0.29) is 24.5 Å². The summed E-state index contributed by atoms with van der Waals surface area (Å²) in [6.45, 7) is 2.62. The van der Waals surface area contributed by atoms with Crippen molar-refractivity contribution in [2.24, 2.45) is 5.41 Å². The van der Waals surface area contributed by atoms with Gasteiger partial charge < -0.3 is 15.1 Å². The maximum absolute atomic E-state index is 13.1. The van der Waals surface area contributed by atoms with Crippen molar-refractivity contribution in [1.29, 1.82) is 0 Å². The lowest BCUT2D eigenvalue weighted by molar-refractivity contribution is -0.134. The first-order chi connectivity index (χ1) is 14.1. The number of nitrogens with zero attached hydrogens (tertiary/aromatic N) is 2. The Balaban J connectivity index is 0.000000755. The molecule has 3 aliphatic heterocycles. The standard InChI is InChI=1S/C22H32N2O2.CH2O2/c25-17-22(14-18-8-4-3-5-9-18)15-19-10-11-20(22)24(19)21(26)16-23-12-6-1-2-7-13-23;2-1-3/h3-5,8-9,19-20,25H,1-2,6-7,10-17H2;1H,(H,2,3)/t19-,20+,22-;/m0./s1. The number of hydrogen-bond donors (Lipinski definition) is 2. The molecule has 6 heteroatoms. The summed E-state index contributed by atoms with van der Waals surface area (Å²) in [4.78, 5) is 26.0. The van der Waals surface area contributed by atoms with E-state index in [9.17, 15) is 9.90 Å². The molecular formula is C23H34N2O4. The largest absolute Gasteiger partial charge is 0.483 e. The number of carboxylic acid groups (broad SMARTS) is 1. The summed E-state index contributed by atoms with van der Waals surface area (Å²) in [6.07, 6.45) is 9.00. The molecule has 3 atom stereocenters. The Bertz CT molecular complexity index is 660. The van der Waals surface area contributed by atoms with Crippen LogP contribution in [0.3, 0.4) is 0 Å². The van der Waals surface area contributed by atoms with Crippen molar-refractivity contribution in [3.05, 3.63) is 35.9 Å². The number of fused-ring (bicyclic) bond motifs is 2. The number of amides is 1. The molecule has 0 aliphatic carbocycles. The van der Waals surface area contributed by atoms with Crippen LogP contribution in [0.15, 0.2) is 30.3 Å². The SMILES string of the molecule is O=C(CN1CCCCCC1)N1[C@H]2CC[C@@H]1[C@@](CO)(Cc1ccccc1)C2.O=CO. The van der Waals surface area contributed by atoms with Crippen LogP contribution < -0.4 is 0 Å². The highest BCUT2D eigenvalue weighted by Crippen LogP contribution is 2.51. The summed E-state index contributed by atoms with van der Waals surface area (Å²) in [5.74, 6) is 0.294. The number of aliphatic hydroxyl groups is 1. The van der Waals surface area contributed by atoms with Crippen molar-refractivity contribution >= 4 is 12.4 Å². The van der Waals surface area contributed by atoms with E-state index in [1.807, 2.05) is 6.07 Å². The van der Waals surface area contributed by atoms with Crippen LogP contribution in [0.4, 0.5) is 0 Å². The first-order valence-corrected chi connectivity index (χ1v) is 10.9. The minimum atomic E-state index is -0.250. The van der Waals surface area contributed by atoms with Gasteiger partial charge in [-0.05, 0) is 57.2 Å². The summed E-state index contributed by atoms with van der Waals surface area (Å²) < 4.78 is 0. The second-order valence-corrected chi connectivity index (χ2v) is 8.73. The molecule has 0 saturated carbocycles. The molecule has 2 bridgehead atoms. The maximum atomic E-state index is 13.1. The molecular weight excluding hydrogens is 368 g/mol. The zero-order valence-corrected chi connectivity index (χ0v) is 17.2. The molecule has 3 saturated heterocycles. The zero-order chi connectivity index (χ0) is 20.7. The summed E-state index contributed by atoms with van der Waals surface area (Å²) in [7, 11) is 0. The molecule has 1 amide bonds. The van der Waals surface area contributed by atoms with E-state index in [0.717, 1.165) is 38.8 Å². The number of carbonyl (C=O) groups excluding carboxylic acids is 1. The number of likely N-dealkylation sites (tertiary alicyclic amines) is 1. The zero-order valence-electron chi connectivity index (χ0n) is 17.2. The van der Waals surface area contributed by atoms with Gasteiger partial charge in [-0.25, -0.2) is 0 Å². The van der Waals surface area contributed by atoms with Gasteiger partial charge in [-0.1, -0.05) is 43.2 Å². The molecule has 1 aromatic rings. The van der Waals surface area contributed by atoms with Gasteiger partial charge in [-0.3, -0.25) is 14.5 Å². The quantitative estimate of drug-likeness (QED) is 0.740. The molecule has 0 spiro atoms. The van der Waals surface area contributed by atoms with Crippen molar-refractivity contribution in [2.45, 2.75) is 63.5 Å². The Labute approximate surface area is 173 Å². The number of benzene rings is 1. The summed E-state index contributed by atoms with van der Waals surface area (Å²) in [5.41, 5.74) is 1.12. The van der Waals surface area contributed by atoms with Crippen LogP contribution >= 0.6 is 0 Å². The van der Waals surface area contributed by atoms with Gasteiger partial charge in [0.05, 0.1) is 13.2 Å². The predicted octanol–water partition coefficient (Wildman–Crippen LogP) is 2.55. The summed E-state index contributed by atoms with van der Waals surface area (Å²) in [5, 5.41) is 17.2. The van der Waals surface area contributed by atoms with E-state index >= 15 is 0 Å². The summed E-state index contributed by atoms with van der Waals surface area (Å²) in [6, 6.07) is 11.0. The highest BCUT2D eigenvalue weighted by atomic mass is 16.3. The molecule has 29 heavy (non-hydrogen) atoms. The summed E-state index contributed by atoms with van der Waals surface area (Å²) >= 11 is 0. The molecule has 2 N–H and O–H groups in total. The molecule has 3 fully saturated rings. The van der Waals surface area contributed by atoms with Gasteiger partial charge in [-0.15, -0.1) is 0 Å². The molecule has 0 unspecified atom stereocenters. The minimum absolute atomic E-state index is 0.154. The second-order valence-electron chi connectivity index (χ2n) is 8.73. The van der Waals surface area contributed by atoms with Crippen molar-refractivity contribution in [1.82, 2.24) is 9.80 Å². The molecule has 3 aliphatic rings. The van der Waals surface area contributed by atoms with E-state index in [0.29, 0.717) is 18.5 Å². The van der Waals surface area contributed by atoms with Gasteiger partial charge >= 0.3 is 0 Å². The van der Waals surface area contributed by atoms with Crippen LogP contribution in [-0.2, 0) is 16.0 Å². The maximum Gasteiger partial charge on any atom is 0.290 e. The molecule has 0 aromatic heterocycles. The fourth-order valence-electron chi connectivity index (χ4n) is 5.65. The minimum Gasteiger partial charge on any atom is -0.483 e. The Kier molecular flexibility index (Phi) is 7.67. The smallest absolute Gasteiger partial charge is 0.290 e. The number of hydrogen-bond acceptors (Lipinski definition) is 4. The van der Waals surface area contributed by atoms with Crippen LogP contribution in [0.2, 0.25) is 0 Å². The normalized spacial score (nSPS) is 29.1.